The normalized spacial score (nSPS) is 19.1. The van der Waals surface area contributed by atoms with E-state index in [0.717, 1.165) is 71.0 Å². The summed E-state index contributed by atoms with van der Waals surface area (Å²) in [5.41, 5.74) is 5.12. The number of rotatable bonds is 11. The van der Waals surface area contributed by atoms with E-state index in [1.807, 2.05) is 50.6 Å². The summed E-state index contributed by atoms with van der Waals surface area (Å²) >= 11 is 0. The lowest BCUT2D eigenvalue weighted by Gasteiger charge is -2.36. The third-order valence-corrected chi connectivity index (χ3v) is 11.6. The van der Waals surface area contributed by atoms with Gasteiger partial charge in [-0.05, 0) is 87.5 Å². The Bertz CT molecular complexity index is 2120. The van der Waals surface area contributed by atoms with E-state index < -0.39 is 23.8 Å². The standard InChI is InChI=1S/C45H58N8O7/c1-28(2)39(50-43(56)58-6)42(55)52-22-8-10-37(52)41-47-26-35(49-41)32-17-13-30(14-18-32)29-11-15-31(16-12-29)34-25-46-40(48-34)36-9-7-21-51(36)38(54)27-53(33-19-23-59-24-20-33)44(57)60-45(3,4)5/h11-18,25-26,28,33,36-37,39H,7-10,19-24,27H2,1-6H3,(H,46,48)(H,47,49)(H,50,56)/t36-,37?,39-/m0/s1. The molecular formula is C45H58N8O7. The molecule has 7 rings (SSSR count). The van der Waals surface area contributed by atoms with Gasteiger partial charge in [0.2, 0.25) is 11.8 Å². The molecule has 15 nitrogen and oxygen atoms in total. The third kappa shape index (κ3) is 9.67. The Labute approximate surface area is 351 Å². The topological polar surface area (TPSA) is 175 Å². The number of aromatic nitrogens is 4. The van der Waals surface area contributed by atoms with Gasteiger partial charge in [0, 0.05) is 32.3 Å². The van der Waals surface area contributed by atoms with Crippen LogP contribution < -0.4 is 5.32 Å². The van der Waals surface area contributed by atoms with Crippen LogP contribution in [-0.4, -0.2) is 116 Å². The van der Waals surface area contributed by atoms with Gasteiger partial charge in [-0.2, -0.15) is 0 Å². The van der Waals surface area contributed by atoms with E-state index in [9.17, 15) is 19.2 Å². The van der Waals surface area contributed by atoms with Gasteiger partial charge in [0.25, 0.3) is 0 Å². The van der Waals surface area contributed by atoms with E-state index in [2.05, 4.69) is 68.8 Å². The quantitative estimate of drug-likeness (QED) is 0.141. The second-order valence-electron chi connectivity index (χ2n) is 17.3. The van der Waals surface area contributed by atoms with E-state index in [-0.39, 0.29) is 42.4 Å². The zero-order valence-corrected chi connectivity index (χ0v) is 35.5. The third-order valence-electron chi connectivity index (χ3n) is 11.6. The molecule has 3 atom stereocenters. The summed E-state index contributed by atoms with van der Waals surface area (Å²) in [7, 11) is 1.29. The van der Waals surface area contributed by atoms with Crippen LogP contribution in [0, 0.1) is 5.92 Å². The number of nitrogens with one attached hydrogen (secondary N) is 3. The van der Waals surface area contributed by atoms with Crippen LogP contribution in [0.15, 0.2) is 60.9 Å². The van der Waals surface area contributed by atoms with Crippen molar-refractivity contribution in [3.63, 3.8) is 0 Å². The van der Waals surface area contributed by atoms with Crippen LogP contribution >= 0.6 is 0 Å². The summed E-state index contributed by atoms with van der Waals surface area (Å²) in [6.07, 6.45) is 7.11. The molecule has 3 aliphatic rings. The van der Waals surface area contributed by atoms with Crippen LogP contribution in [0.25, 0.3) is 33.6 Å². The van der Waals surface area contributed by atoms with Gasteiger partial charge < -0.3 is 39.3 Å². The number of likely N-dealkylation sites (tertiary alicyclic amines) is 2. The Kier molecular flexibility index (Phi) is 12.9. The molecule has 320 valence electrons. The number of alkyl carbamates (subject to hydrolysis) is 1. The Morgan fingerprint density at radius 1 is 0.800 bits per heavy atom. The van der Waals surface area contributed by atoms with E-state index >= 15 is 0 Å². The SMILES string of the molecule is COC(=O)N[C@H](C(=O)N1CCCC1c1ncc(-c2ccc(-c3ccc(-c4cnc([C@@H]5CCCN5C(=O)CN(C(=O)OC(C)(C)C)C5CCOCC5)[nH]4)cc3)cc2)[nH]1)C(C)C. The molecule has 15 heteroatoms. The average molecular weight is 823 g/mol. The Balaban J connectivity index is 0.984. The summed E-state index contributed by atoms with van der Waals surface area (Å²) in [6, 6.07) is 15.3. The Morgan fingerprint density at radius 3 is 1.80 bits per heavy atom. The Morgan fingerprint density at radius 2 is 1.30 bits per heavy atom. The lowest BCUT2D eigenvalue weighted by atomic mass is 10.0. The average Bonchev–Trinajstić information content (AvgIpc) is 4.08. The largest absolute Gasteiger partial charge is 0.453 e. The van der Waals surface area contributed by atoms with Gasteiger partial charge in [0.05, 0.1) is 43.0 Å². The van der Waals surface area contributed by atoms with Crippen LogP contribution in [0.3, 0.4) is 0 Å². The predicted molar refractivity (Wildman–Crippen MR) is 225 cm³/mol. The number of imidazole rings is 2. The number of benzene rings is 2. The van der Waals surface area contributed by atoms with Crippen molar-refractivity contribution in [3.05, 3.63) is 72.6 Å². The Hall–Kier alpha value is -5.70. The highest BCUT2D eigenvalue weighted by Crippen LogP contribution is 2.35. The van der Waals surface area contributed by atoms with Gasteiger partial charge in [-0.3, -0.25) is 14.5 Å². The van der Waals surface area contributed by atoms with Gasteiger partial charge in [-0.15, -0.1) is 0 Å². The number of carbonyl (C=O) groups is 4. The summed E-state index contributed by atoms with van der Waals surface area (Å²) in [5.74, 6) is 1.09. The van der Waals surface area contributed by atoms with Gasteiger partial charge in [0.15, 0.2) is 0 Å². The zero-order chi connectivity index (χ0) is 42.6. The fourth-order valence-corrected chi connectivity index (χ4v) is 8.43. The van der Waals surface area contributed by atoms with E-state index in [1.54, 1.807) is 11.1 Å². The number of hydrogen-bond acceptors (Lipinski definition) is 9. The minimum Gasteiger partial charge on any atom is -0.453 e. The number of nitrogens with zero attached hydrogens (tertiary/aromatic N) is 5. The van der Waals surface area contributed by atoms with Crippen molar-refractivity contribution in [1.29, 1.82) is 0 Å². The summed E-state index contributed by atoms with van der Waals surface area (Å²) in [5, 5.41) is 2.70. The molecule has 2 aromatic carbocycles. The van der Waals surface area contributed by atoms with Crippen LogP contribution in [0.1, 0.15) is 96.9 Å². The van der Waals surface area contributed by atoms with Crippen LogP contribution in [0.2, 0.25) is 0 Å². The lowest BCUT2D eigenvalue weighted by molar-refractivity contribution is -0.135. The maximum absolute atomic E-state index is 13.8. The van der Waals surface area contributed by atoms with Gasteiger partial charge in [0.1, 0.15) is 29.8 Å². The van der Waals surface area contributed by atoms with Gasteiger partial charge >= 0.3 is 12.2 Å². The van der Waals surface area contributed by atoms with E-state index in [1.165, 1.54) is 7.11 Å². The highest BCUT2D eigenvalue weighted by atomic mass is 16.6. The fraction of sp³-hybridized carbons (Fsp3) is 0.511. The highest BCUT2D eigenvalue weighted by Gasteiger charge is 2.39. The van der Waals surface area contributed by atoms with E-state index in [4.69, 9.17) is 19.2 Å². The second-order valence-corrected chi connectivity index (χ2v) is 17.3. The van der Waals surface area contributed by atoms with Crippen molar-refractivity contribution in [1.82, 2.24) is 40.0 Å². The van der Waals surface area contributed by atoms with Crippen molar-refractivity contribution in [2.45, 2.75) is 103 Å². The molecule has 0 spiro atoms. The molecule has 60 heavy (non-hydrogen) atoms. The number of carbonyl (C=O) groups excluding carboxylic acids is 4. The molecule has 3 saturated heterocycles. The number of H-pyrrole nitrogens is 2. The van der Waals surface area contributed by atoms with Crippen LogP contribution in [0.5, 0.6) is 0 Å². The molecule has 2 aromatic heterocycles. The first-order valence-corrected chi connectivity index (χ1v) is 21.1. The number of hydrogen-bond donors (Lipinski definition) is 3. The molecule has 5 heterocycles. The summed E-state index contributed by atoms with van der Waals surface area (Å²) < 4.78 is 16.0. The minimum absolute atomic E-state index is 0.0474. The zero-order valence-electron chi connectivity index (χ0n) is 35.5. The minimum atomic E-state index is -0.690. The number of aromatic amines is 2. The molecule has 0 bridgehead atoms. The van der Waals surface area contributed by atoms with Crippen molar-refractivity contribution in [2.24, 2.45) is 5.92 Å². The van der Waals surface area contributed by atoms with Crippen molar-refractivity contribution in [2.75, 3.05) is 40.0 Å². The van der Waals surface area contributed by atoms with Crippen molar-refractivity contribution in [3.8, 4) is 33.6 Å². The molecule has 4 amide bonds. The molecule has 3 fully saturated rings. The maximum Gasteiger partial charge on any atom is 0.411 e. The number of amides is 4. The van der Waals surface area contributed by atoms with Crippen LogP contribution in [0.4, 0.5) is 9.59 Å². The molecule has 1 unspecified atom stereocenters. The first-order chi connectivity index (χ1) is 28.8. The molecule has 0 aliphatic carbocycles. The van der Waals surface area contributed by atoms with Crippen molar-refractivity contribution < 1.29 is 33.4 Å². The lowest BCUT2D eigenvalue weighted by Crippen LogP contribution is -2.51. The molecule has 0 saturated carbocycles. The van der Waals surface area contributed by atoms with Gasteiger partial charge in [-0.1, -0.05) is 62.4 Å². The molecular weight excluding hydrogens is 765 g/mol. The number of methoxy groups -OCH3 is 1. The van der Waals surface area contributed by atoms with E-state index in [0.29, 0.717) is 39.1 Å². The molecule has 4 aromatic rings. The first-order valence-electron chi connectivity index (χ1n) is 21.1. The monoisotopic (exact) mass is 822 g/mol. The molecule has 3 aliphatic heterocycles. The predicted octanol–water partition coefficient (Wildman–Crippen LogP) is 7.26. The number of ether oxygens (including phenoxy) is 3. The summed E-state index contributed by atoms with van der Waals surface area (Å²) in [4.78, 5) is 74.2. The molecule has 0 radical (unpaired) electrons. The first kappa shape index (κ1) is 42.4. The smallest absolute Gasteiger partial charge is 0.411 e. The molecule has 3 N–H and O–H groups in total. The van der Waals surface area contributed by atoms with Crippen LogP contribution in [-0.2, 0) is 23.8 Å². The van der Waals surface area contributed by atoms with Crippen molar-refractivity contribution >= 4 is 24.0 Å². The maximum atomic E-state index is 13.8. The highest BCUT2D eigenvalue weighted by molar-refractivity contribution is 5.86. The van der Waals surface area contributed by atoms with Gasteiger partial charge in [-0.25, -0.2) is 19.6 Å². The summed E-state index contributed by atoms with van der Waals surface area (Å²) in [6.45, 7) is 11.5. The fourth-order valence-electron chi connectivity index (χ4n) is 8.43. The second kappa shape index (κ2) is 18.3.